The first-order valence-electron chi connectivity index (χ1n) is 8.93. The fraction of sp³-hybridized carbons (Fsp3) is 0.611. The van der Waals surface area contributed by atoms with Gasteiger partial charge in [0, 0.05) is 45.4 Å². The zero-order chi connectivity index (χ0) is 16.4. The lowest BCUT2D eigenvalue weighted by Crippen LogP contribution is -2.51. The third kappa shape index (κ3) is 3.36. The van der Waals surface area contributed by atoms with E-state index < -0.39 is 0 Å². The first kappa shape index (κ1) is 16.1. The van der Waals surface area contributed by atoms with Gasteiger partial charge in [0.05, 0.1) is 16.8 Å². The second-order valence-electron chi connectivity index (χ2n) is 6.43. The molecular weight excluding hydrogens is 322 g/mol. The van der Waals surface area contributed by atoms with Gasteiger partial charge in [-0.05, 0) is 38.0 Å². The van der Waals surface area contributed by atoms with Crippen molar-refractivity contribution in [3.8, 4) is 5.75 Å². The first-order valence-corrected chi connectivity index (χ1v) is 9.75. The van der Waals surface area contributed by atoms with E-state index in [9.17, 15) is 0 Å². The van der Waals surface area contributed by atoms with Crippen molar-refractivity contribution < 1.29 is 9.47 Å². The number of rotatable bonds is 4. The standard InChI is InChI=1S/C18H25N3O2S/c1-2-23-15-3-4-16-17(13-15)24-18(19-16)21-9-7-20(8-10-21)14-5-11-22-12-6-14/h3-4,13-14H,2,5-12H2,1H3. The van der Waals surface area contributed by atoms with Crippen LogP contribution in [0.4, 0.5) is 5.13 Å². The van der Waals surface area contributed by atoms with Gasteiger partial charge in [0.2, 0.25) is 0 Å². The molecule has 1 aromatic carbocycles. The third-order valence-electron chi connectivity index (χ3n) is 4.95. The number of hydrogen-bond donors (Lipinski definition) is 0. The summed E-state index contributed by atoms with van der Waals surface area (Å²) in [5.74, 6) is 0.935. The SMILES string of the molecule is CCOc1ccc2nc(N3CCN(C4CCOCC4)CC3)sc2c1. The summed E-state index contributed by atoms with van der Waals surface area (Å²) in [6.45, 7) is 8.95. The Morgan fingerprint density at radius 1 is 1.21 bits per heavy atom. The average molecular weight is 347 g/mol. The van der Waals surface area contributed by atoms with Gasteiger partial charge in [0.1, 0.15) is 5.75 Å². The Labute approximate surface area is 147 Å². The molecule has 24 heavy (non-hydrogen) atoms. The minimum Gasteiger partial charge on any atom is -0.494 e. The summed E-state index contributed by atoms with van der Waals surface area (Å²) >= 11 is 1.78. The molecule has 0 saturated carbocycles. The molecule has 1 aromatic heterocycles. The van der Waals surface area contributed by atoms with E-state index in [4.69, 9.17) is 14.5 Å². The Kier molecular flexibility index (Phi) is 4.87. The smallest absolute Gasteiger partial charge is 0.186 e. The second-order valence-corrected chi connectivity index (χ2v) is 7.43. The highest BCUT2D eigenvalue weighted by molar-refractivity contribution is 7.22. The summed E-state index contributed by atoms with van der Waals surface area (Å²) in [6.07, 6.45) is 2.36. The van der Waals surface area contributed by atoms with Crippen molar-refractivity contribution in [2.45, 2.75) is 25.8 Å². The van der Waals surface area contributed by atoms with Crippen LogP contribution in [0.2, 0.25) is 0 Å². The largest absolute Gasteiger partial charge is 0.494 e. The fourth-order valence-electron chi connectivity index (χ4n) is 3.61. The van der Waals surface area contributed by atoms with E-state index >= 15 is 0 Å². The molecule has 0 unspecified atom stereocenters. The van der Waals surface area contributed by atoms with Gasteiger partial charge in [-0.2, -0.15) is 0 Å². The summed E-state index contributed by atoms with van der Waals surface area (Å²) in [6, 6.07) is 6.90. The monoisotopic (exact) mass is 347 g/mol. The molecule has 5 nitrogen and oxygen atoms in total. The molecule has 3 heterocycles. The molecular formula is C18H25N3O2S. The summed E-state index contributed by atoms with van der Waals surface area (Å²) in [5, 5.41) is 1.14. The van der Waals surface area contributed by atoms with Crippen LogP contribution in [0.15, 0.2) is 18.2 Å². The van der Waals surface area contributed by atoms with Gasteiger partial charge in [-0.25, -0.2) is 4.98 Å². The average Bonchev–Trinajstić information content (AvgIpc) is 3.06. The van der Waals surface area contributed by atoms with Crippen molar-refractivity contribution in [3.63, 3.8) is 0 Å². The predicted octanol–water partition coefficient (Wildman–Crippen LogP) is 3.00. The molecule has 2 saturated heterocycles. The molecule has 2 aliphatic rings. The summed E-state index contributed by atoms with van der Waals surface area (Å²) in [5.41, 5.74) is 1.07. The molecule has 2 aromatic rings. The van der Waals surface area contributed by atoms with Crippen molar-refractivity contribution in [2.24, 2.45) is 0 Å². The molecule has 0 atom stereocenters. The molecule has 2 fully saturated rings. The Balaban J connectivity index is 1.42. The van der Waals surface area contributed by atoms with Crippen LogP contribution < -0.4 is 9.64 Å². The Bertz CT molecular complexity index is 676. The van der Waals surface area contributed by atoms with Crippen LogP contribution >= 0.6 is 11.3 Å². The van der Waals surface area contributed by atoms with Crippen molar-refractivity contribution in [2.75, 3.05) is 50.9 Å². The van der Waals surface area contributed by atoms with Crippen LogP contribution in [0.1, 0.15) is 19.8 Å². The quantitative estimate of drug-likeness (QED) is 0.850. The Morgan fingerprint density at radius 3 is 2.75 bits per heavy atom. The van der Waals surface area contributed by atoms with E-state index in [1.54, 1.807) is 11.3 Å². The van der Waals surface area contributed by atoms with Gasteiger partial charge in [-0.1, -0.05) is 11.3 Å². The fourth-order valence-corrected chi connectivity index (χ4v) is 4.66. The highest BCUT2D eigenvalue weighted by Gasteiger charge is 2.26. The molecule has 0 radical (unpaired) electrons. The van der Waals surface area contributed by atoms with Crippen LogP contribution in [0.25, 0.3) is 10.2 Å². The number of ether oxygens (including phenoxy) is 2. The van der Waals surface area contributed by atoms with Crippen LogP contribution in [0.3, 0.4) is 0 Å². The van der Waals surface area contributed by atoms with Crippen molar-refractivity contribution >= 4 is 26.7 Å². The highest BCUT2D eigenvalue weighted by Crippen LogP contribution is 2.32. The van der Waals surface area contributed by atoms with E-state index in [2.05, 4.69) is 21.9 Å². The van der Waals surface area contributed by atoms with Gasteiger partial charge in [0.25, 0.3) is 0 Å². The molecule has 0 amide bonds. The molecule has 0 spiro atoms. The van der Waals surface area contributed by atoms with E-state index in [1.807, 2.05) is 13.0 Å². The number of hydrogen-bond acceptors (Lipinski definition) is 6. The maximum Gasteiger partial charge on any atom is 0.186 e. The van der Waals surface area contributed by atoms with E-state index in [1.165, 1.54) is 17.5 Å². The van der Waals surface area contributed by atoms with E-state index in [-0.39, 0.29) is 0 Å². The zero-order valence-electron chi connectivity index (χ0n) is 14.2. The number of benzene rings is 1. The number of nitrogens with zero attached hydrogens (tertiary/aromatic N) is 3. The summed E-state index contributed by atoms with van der Waals surface area (Å²) in [7, 11) is 0. The van der Waals surface area contributed by atoms with E-state index in [0.29, 0.717) is 12.6 Å². The van der Waals surface area contributed by atoms with Gasteiger partial charge < -0.3 is 14.4 Å². The normalized spacial score (nSPS) is 20.6. The lowest BCUT2D eigenvalue weighted by atomic mass is 10.1. The lowest BCUT2D eigenvalue weighted by molar-refractivity contribution is 0.0321. The lowest BCUT2D eigenvalue weighted by Gasteiger charge is -2.40. The first-order chi connectivity index (χ1) is 11.8. The number of aromatic nitrogens is 1. The number of fused-ring (bicyclic) bond motifs is 1. The van der Waals surface area contributed by atoms with Crippen molar-refractivity contribution in [1.82, 2.24) is 9.88 Å². The number of thiazole rings is 1. The molecule has 0 N–H and O–H groups in total. The molecule has 2 aliphatic heterocycles. The maximum absolute atomic E-state index is 5.60. The van der Waals surface area contributed by atoms with Crippen LogP contribution in [-0.2, 0) is 4.74 Å². The minimum absolute atomic E-state index is 0.700. The van der Waals surface area contributed by atoms with Crippen LogP contribution in [-0.4, -0.2) is 61.9 Å². The molecule has 130 valence electrons. The maximum atomic E-state index is 5.60. The predicted molar refractivity (Wildman–Crippen MR) is 98.4 cm³/mol. The van der Waals surface area contributed by atoms with Crippen molar-refractivity contribution in [3.05, 3.63) is 18.2 Å². The molecule has 0 bridgehead atoms. The van der Waals surface area contributed by atoms with Gasteiger partial charge in [-0.15, -0.1) is 0 Å². The van der Waals surface area contributed by atoms with E-state index in [0.717, 1.165) is 55.8 Å². The minimum atomic E-state index is 0.700. The van der Waals surface area contributed by atoms with Gasteiger partial charge >= 0.3 is 0 Å². The Morgan fingerprint density at radius 2 is 2.00 bits per heavy atom. The van der Waals surface area contributed by atoms with Crippen LogP contribution in [0.5, 0.6) is 5.75 Å². The third-order valence-corrected chi connectivity index (χ3v) is 6.03. The molecule has 0 aliphatic carbocycles. The van der Waals surface area contributed by atoms with Crippen molar-refractivity contribution in [1.29, 1.82) is 0 Å². The molecule has 6 heteroatoms. The molecule has 4 rings (SSSR count). The van der Waals surface area contributed by atoms with Crippen LogP contribution in [0, 0.1) is 0 Å². The second kappa shape index (κ2) is 7.25. The zero-order valence-corrected chi connectivity index (χ0v) is 15.1. The highest BCUT2D eigenvalue weighted by atomic mass is 32.1. The van der Waals surface area contributed by atoms with Gasteiger partial charge in [0.15, 0.2) is 5.13 Å². The number of piperazine rings is 1. The number of anilines is 1. The topological polar surface area (TPSA) is 37.8 Å². The summed E-state index contributed by atoms with van der Waals surface area (Å²) < 4.78 is 12.3. The summed E-state index contributed by atoms with van der Waals surface area (Å²) in [4.78, 5) is 9.90. The van der Waals surface area contributed by atoms with Gasteiger partial charge in [-0.3, -0.25) is 4.90 Å². The Hall–Kier alpha value is -1.37.